The van der Waals surface area contributed by atoms with Crippen LogP contribution in [0.3, 0.4) is 0 Å². The largest absolute Gasteiger partial charge is 0.481 e. The van der Waals surface area contributed by atoms with Crippen LogP contribution in [0.1, 0.15) is 5.82 Å². The van der Waals surface area contributed by atoms with E-state index in [4.69, 9.17) is 21.2 Å². The number of imidazole rings is 1. The molecular weight excluding hydrogens is 316 g/mol. The molecule has 0 aliphatic heterocycles. The molecule has 1 N–H and O–H groups in total. The van der Waals surface area contributed by atoms with E-state index in [1.807, 2.05) is 6.07 Å². The molecule has 3 rings (SSSR count). The zero-order chi connectivity index (χ0) is 14.8. The molecule has 2 heterocycles. The van der Waals surface area contributed by atoms with E-state index in [0.29, 0.717) is 28.1 Å². The minimum absolute atomic E-state index is 0.0901. The summed E-state index contributed by atoms with van der Waals surface area (Å²) in [5.41, 5.74) is 1.41. The number of fused-ring (bicyclic) bond motifs is 1. The Morgan fingerprint density at radius 1 is 1.48 bits per heavy atom. The first kappa shape index (κ1) is 13.9. The first-order valence-electron chi connectivity index (χ1n) is 5.89. The van der Waals surface area contributed by atoms with Gasteiger partial charge in [0.25, 0.3) is 0 Å². The van der Waals surface area contributed by atoms with Gasteiger partial charge in [-0.05, 0) is 12.1 Å². The number of thioether (sulfide) groups is 1. The van der Waals surface area contributed by atoms with Gasteiger partial charge in [-0.1, -0.05) is 34.6 Å². The second-order valence-electron chi connectivity index (χ2n) is 4.12. The third-order valence-corrected chi connectivity index (χ3v) is 3.98. The van der Waals surface area contributed by atoms with E-state index < -0.39 is 5.97 Å². The summed E-state index contributed by atoms with van der Waals surface area (Å²) in [4.78, 5) is 19.1. The van der Waals surface area contributed by atoms with Crippen molar-refractivity contribution in [3.05, 3.63) is 35.4 Å². The molecule has 0 atom stereocenters. The van der Waals surface area contributed by atoms with Gasteiger partial charge in [0.15, 0.2) is 11.0 Å². The van der Waals surface area contributed by atoms with Crippen molar-refractivity contribution in [2.24, 2.45) is 0 Å². The Hall–Kier alpha value is -2.06. The number of para-hydroxylation sites is 1. The van der Waals surface area contributed by atoms with Crippen LogP contribution in [0, 0.1) is 0 Å². The van der Waals surface area contributed by atoms with E-state index in [-0.39, 0.29) is 5.75 Å². The van der Waals surface area contributed by atoms with Crippen molar-refractivity contribution in [2.45, 2.75) is 11.7 Å². The Labute approximate surface area is 127 Å². The van der Waals surface area contributed by atoms with Crippen molar-refractivity contribution in [3.63, 3.8) is 0 Å². The van der Waals surface area contributed by atoms with Gasteiger partial charge in [-0.2, -0.15) is 4.98 Å². The van der Waals surface area contributed by atoms with E-state index in [9.17, 15) is 4.79 Å². The second kappa shape index (κ2) is 5.74. The van der Waals surface area contributed by atoms with Crippen LogP contribution in [0.25, 0.3) is 11.0 Å². The number of carbonyl (C=O) groups is 1. The van der Waals surface area contributed by atoms with Crippen molar-refractivity contribution in [1.82, 2.24) is 19.7 Å². The van der Waals surface area contributed by atoms with E-state index in [1.165, 1.54) is 6.39 Å². The zero-order valence-electron chi connectivity index (χ0n) is 10.6. The summed E-state index contributed by atoms with van der Waals surface area (Å²) in [6.45, 7) is 0.304. The Balaban J connectivity index is 2.07. The number of hydrogen-bond donors (Lipinski definition) is 1. The van der Waals surface area contributed by atoms with Crippen molar-refractivity contribution in [2.75, 3.05) is 5.75 Å². The molecule has 7 nitrogen and oxygen atoms in total. The number of aromatic nitrogens is 4. The minimum Gasteiger partial charge on any atom is -0.481 e. The highest BCUT2D eigenvalue weighted by Gasteiger charge is 2.16. The molecule has 1 aromatic carbocycles. The standard InChI is InChI=1S/C12H9ClN4O3S/c13-7-2-1-3-8-11(7)17(4-9-14-6-20-16-9)12(15-8)21-5-10(18)19/h1-3,6H,4-5H2,(H,18,19). The average molecular weight is 325 g/mol. The molecule has 0 fully saturated rings. The maximum Gasteiger partial charge on any atom is 0.313 e. The van der Waals surface area contributed by atoms with Gasteiger partial charge in [0.2, 0.25) is 6.39 Å². The van der Waals surface area contributed by atoms with Gasteiger partial charge in [-0.3, -0.25) is 4.79 Å². The summed E-state index contributed by atoms with van der Waals surface area (Å²) in [6, 6.07) is 5.37. The van der Waals surface area contributed by atoms with Crippen LogP contribution in [0.2, 0.25) is 5.02 Å². The van der Waals surface area contributed by atoms with Gasteiger partial charge in [0.1, 0.15) is 0 Å². The molecule has 0 aliphatic carbocycles. The highest BCUT2D eigenvalue weighted by atomic mass is 35.5. The van der Waals surface area contributed by atoms with Crippen LogP contribution >= 0.6 is 23.4 Å². The molecule has 0 saturated heterocycles. The lowest BCUT2D eigenvalue weighted by atomic mass is 10.3. The van der Waals surface area contributed by atoms with Gasteiger partial charge < -0.3 is 14.2 Å². The number of nitrogens with zero attached hydrogens (tertiary/aromatic N) is 4. The van der Waals surface area contributed by atoms with Crippen LogP contribution in [-0.2, 0) is 11.3 Å². The smallest absolute Gasteiger partial charge is 0.313 e. The van der Waals surface area contributed by atoms with Crippen molar-refractivity contribution >= 4 is 40.4 Å². The van der Waals surface area contributed by atoms with Gasteiger partial charge in [-0.25, -0.2) is 4.98 Å². The SMILES string of the molecule is O=C(O)CSc1nc2cccc(Cl)c2n1Cc1ncon1. The molecular formula is C12H9ClN4O3S. The third-order valence-electron chi connectivity index (χ3n) is 2.71. The fourth-order valence-electron chi connectivity index (χ4n) is 1.91. The quantitative estimate of drug-likeness (QED) is 0.719. The maximum absolute atomic E-state index is 10.8. The van der Waals surface area contributed by atoms with E-state index in [2.05, 4.69) is 15.1 Å². The molecule has 0 aliphatic rings. The Morgan fingerprint density at radius 2 is 2.33 bits per heavy atom. The monoisotopic (exact) mass is 324 g/mol. The Morgan fingerprint density at radius 3 is 3.05 bits per heavy atom. The molecule has 21 heavy (non-hydrogen) atoms. The van der Waals surface area contributed by atoms with Crippen LogP contribution in [0.4, 0.5) is 0 Å². The van der Waals surface area contributed by atoms with E-state index in [1.54, 1.807) is 16.7 Å². The molecule has 2 aromatic heterocycles. The topological polar surface area (TPSA) is 94.0 Å². The average Bonchev–Trinajstić information content (AvgIpc) is 3.06. The minimum atomic E-state index is -0.913. The molecule has 0 bridgehead atoms. The number of halogens is 1. The number of aliphatic carboxylic acids is 1. The molecule has 0 amide bonds. The first-order valence-corrected chi connectivity index (χ1v) is 7.26. The van der Waals surface area contributed by atoms with Gasteiger partial charge in [0, 0.05) is 0 Å². The summed E-state index contributed by atoms with van der Waals surface area (Å²) in [6.07, 6.45) is 1.24. The van der Waals surface area contributed by atoms with Crippen LogP contribution in [0.5, 0.6) is 0 Å². The molecule has 9 heteroatoms. The Bertz CT molecular complexity index is 787. The van der Waals surface area contributed by atoms with Crippen molar-refractivity contribution < 1.29 is 14.4 Å². The summed E-state index contributed by atoms with van der Waals surface area (Å²) in [5.74, 6) is -0.539. The lowest BCUT2D eigenvalue weighted by Crippen LogP contribution is -2.05. The molecule has 0 saturated carbocycles. The van der Waals surface area contributed by atoms with Crippen molar-refractivity contribution in [3.8, 4) is 0 Å². The number of carboxylic acid groups (broad SMARTS) is 1. The van der Waals surface area contributed by atoms with Gasteiger partial charge in [0.05, 0.1) is 28.4 Å². The lowest BCUT2D eigenvalue weighted by Gasteiger charge is -2.06. The van der Waals surface area contributed by atoms with Crippen LogP contribution in [0.15, 0.2) is 34.3 Å². The fraction of sp³-hybridized carbons (Fsp3) is 0.167. The van der Waals surface area contributed by atoms with Crippen molar-refractivity contribution in [1.29, 1.82) is 0 Å². The Kier molecular flexibility index (Phi) is 3.80. The molecule has 108 valence electrons. The third kappa shape index (κ3) is 2.86. The highest BCUT2D eigenvalue weighted by Crippen LogP contribution is 2.29. The highest BCUT2D eigenvalue weighted by molar-refractivity contribution is 7.99. The first-order chi connectivity index (χ1) is 10.1. The summed E-state index contributed by atoms with van der Waals surface area (Å²) in [7, 11) is 0. The van der Waals surface area contributed by atoms with Gasteiger partial charge in [-0.15, -0.1) is 0 Å². The zero-order valence-corrected chi connectivity index (χ0v) is 12.1. The lowest BCUT2D eigenvalue weighted by molar-refractivity contribution is -0.133. The summed E-state index contributed by atoms with van der Waals surface area (Å²) in [5, 5.41) is 13.7. The molecule has 0 unspecified atom stereocenters. The molecule has 0 spiro atoms. The van der Waals surface area contributed by atoms with E-state index >= 15 is 0 Å². The predicted octanol–water partition coefficient (Wildman–Crippen LogP) is 2.30. The number of rotatable bonds is 5. The van der Waals surface area contributed by atoms with E-state index in [0.717, 1.165) is 17.3 Å². The summed E-state index contributed by atoms with van der Waals surface area (Å²) < 4.78 is 6.50. The second-order valence-corrected chi connectivity index (χ2v) is 5.47. The number of benzene rings is 1. The predicted molar refractivity (Wildman–Crippen MR) is 76.5 cm³/mol. The maximum atomic E-state index is 10.8. The van der Waals surface area contributed by atoms with Crippen LogP contribution < -0.4 is 0 Å². The van der Waals surface area contributed by atoms with Crippen LogP contribution in [-0.4, -0.2) is 36.5 Å². The number of carboxylic acids is 1. The molecule has 3 aromatic rings. The molecule has 0 radical (unpaired) electrons. The number of hydrogen-bond acceptors (Lipinski definition) is 6. The fourth-order valence-corrected chi connectivity index (χ4v) is 2.91. The summed E-state index contributed by atoms with van der Waals surface area (Å²) >= 11 is 7.35. The normalized spacial score (nSPS) is 11.1. The van der Waals surface area contributed by atoms with Gasteiger partial charge >= 0.3 is 5.97 Å².